The number of rotatable bonds is 8. The lowest BCUT2D eigenvalue weighted by Gasteiger charge is -2.32. The lowest BCUT2D eigenvalue weighted by atomic mass is 9.90. The first kappa shape index (κ1) is 29.2. The number of aromatic nitrogens is 2. The van der Waals surface area contributed by atoms with E-state index in [0.717, 1.165) is 25.0 Å². The van der Waals surface area contributed by atoms with Crippen LogP contribution in [-0.4, -0.2) is 44.8 Å². The standard InChI is InChI=1S/C30H33F2N5O5/c1-16(2)37-25-13-23(32)24(12-21(25)28(40)36(30(37)42)15-17-5-6-17)34-29(41)35-9-3-4-18(14-35)10-26(38)20-8-7-19(27(33)39)11-22(20)31/h7-8,11-13,16-18H,3-6,9-10,14-15H2,1-2H3,(H2,33,39)(H,34,41). The average Bonchev–Trinajstić information content (AvgIpc) is 3.76. The molecule has 5 rings (SSSR count). The minimum absolute atomic E-state index is 0.0196. The number of urea groups is 1. The summed E-state index contributed by atoms with van der Waals surface area (Å²) in [4.78, 5) is 65.1. The molecule has 10 nitrogen and oxygen atoms in total. The van der Waals surface area contributed by atoms with E-state index < -0.39 is 40.6 Å². The lowest BCUT2D eigenvalue weighted by molar-refractivity contribution is 0.0925. The van der Waals surface area contributed by atoms with Gasteiger partial charge in [-0.05, 0) is 75.6 Å². The zero-order valence-electron chi connectivity index (χ0n) is 23.5. The number of hydrogen-bond acceptors (Lipinski definition) is 5. The van der Waals surface area contributed by atoms with Crippen LogP contribution in [0.5, 0.6) is 0 Å². The second-order valence-corrected chi connectivity index (χ2v) is 11.5. The number of nitrogens with one attached hydrogen (secondary N) is 1. The molecule has 1 saturated heterocycles. The van der Waals surface area contributed by atoms with E-state index in [2.05, 4.69) is 5.32 Å². The lowest BCUT2D eigenvalue weighted by Crippen LogP contribution is -2.43. The summed E-state index contributed by atoms with van der Waals surface area (Å²) < 4.78 is 32.3. The molecule has 1 saturated carbocycles. The summed E-state index contributed by atoms with van der Waals surface area (Å²) in [7, 11) is 0. The number of amides is 3. The van der Waals surface area contributed by atoms with Crippen LogP contribution < -0.4 is 22.3 Å². The van der Waals surface area contributed by atoms with Crippen LogP contribution in [0.4, 0.5) is 19.3 Å². The highest BCUT2D eigenvalue weighted by Gasteiger charge is 2.29. The molecule has 0 spiro atoms. The van der Waals surface area contributed by atoms with E-state index >= 15 is 4.39 Å². The maximum absolute atomic E-state index is 15.3. The topological polar surface area (TPSA) is 136 Å². The molecular formula is C30H33F2N5O5. The molecule has 42 heavy (non-hydrogen) atoms. The smallest absolute Gasteiger partial charge is 0.331 e. The van der Waals surface area contributed by atoms with Crippen molar-refractivity contribution in [2.45, 2.75) is 58.5 Å². The molecule has 2 aliphatic rings. The van der Waals surface area contributed by atoms with Gasteiger partial charge in [-0.15, -0.1) is 0 Å². The fourth-order valence-corrected chi connectivity index (χ4v) is 5.59. The van der Waals surface area contributed by atoms with Crippen LogP contribution in [0.15, 0.2) is 39.9 Å². The van der Waals surface area contributed by atoms with Gasteiger partial charge in [-0.2, -0.15) is 0 Å². The number of Topliss-reactive ketones (excluding diaryl/α,β-unsaturated/α-hetero) is 1. The van der Waals surface area contributed by atoms with E-state index in [4.69, 9.17) is 5.73 Å². The zero-order chi connectivity index (χ0) is 30.3. The van der Waals surface area contributed by atoms with Crippen LogP contribution in [0.1, 0.15) is 72.7 Å². The van der Waals surface area contributed by atoms with Crippen LogP contribution in [-0.2, 0) is 6.54 Å². The third-order valence-corrected chi connectivity index (χ3v) is 7.99. The van der Waals surface area contributed by atoms with Crippen LogP contribution >= 0.6 is 0 Å². The molecule has 2 fully saturated rings. The second-order valence-electron chi connectivity index (χ2n) is 11.5. The molecule has 3 amide bonds. The van der Waals surface area contributed by atoms with Gasteiger partial charge in [0.15, 0.2) is 5.78 Å². The Morgan fingerprint density at radius 1 is 1.02 bits per heavy atom. The molecule has 3 N–H and O–H groups in total. The molecule has 0 radical (unpaired) electrons. The first-order valence-electron chi connectivity index (χ1n) is 14.1. The van der Waals surface area contributed by atoms with Gasteiger partial charge in [0.25, 0.3) is 5.56 Å². The van der Waals surface area contributed by atoms with E-state index in [1.165, 1.54) is 32.2 Å². The Hall–Kier alpha value is -4.35. The molecule has 0 bridgehead atoms. The van der Waals surface area contributed by atoms with Crippen LogP contribution in [0.25, 0.3) is 10.9 Å². The summed E-state index contributed by atoms with van der Waals surface area (Å²) in [6, 6.07) is 4.89. The number of hydrogen-bond donors (Lipinski definition) is 2. The van der Waals surface area contributed by atoms with Crippen molar-refractivity contribution in [3.63, 3.8) is 0 Å². The van der Waals surface area contributed by atoms with Gasteiger partial charge < -0.3 is 16.0 Å². The number of benzene rings is 2. The number of halogens is 2. The van der Waals surface area contributed by atoms with Crippen molar-refractivity contribution in [1.82, 2.24) is 14.0 Å². The van der Waals surface area contributed by atoms with E-state index in [0.29, 0.717) is 25.9 Å². The molecule has 1 unspecified atom stereocenters. The number of ketones is 1. The Kier molecular flexibility index (Phi) is 7.98. The molecule has 2 aromatic carbocycles. The normalized spacial score (nSPS) is 17.1. The second kappa shape index (κ2) is 11.5. The monoisotopic (exact) mass is 581 g/mol. The third-order valence-electron chi connectivity index (χ3n) is 7.99. The van der Waals surface area contributed by atoms with E-state index in [1.54, 1.807) is 13.8 Å². The highest BCUT2D eigenvalue weighted by Crippen LogP contribution is 2.30. The van der Waals surface area contributed by atoms with Crippen molar-refractivity contribution in [3.8, 4) is 0 Å². The van der Waals surface area contributed by atoms with E-state index in [9.17, 15) is 28.4 Å². The van der Waals surface area contributed by atoms with Gasteiger partial charge in [0.2, 0.25) is 5.91 Å². The highest BCUT2D eigenvalue weighted by atomic mass is 19.1. The molecular weight excluding hydrogens is 548 g/mol. The van der Waals surface area contributed by atoms with E-state index in [-0.39, 0.29) is 58.6 Å². The number of carbonyl (C=O) groups is 3. The maximum Gasteiger partial charge on any atom is 0.331 e. The molecule has 1 atom stereocenters. The molecule has 1 aliphatic heterocycles. The molecule has 1 aromatic heterocycles. The molecule has 2 heterocycles. The SMILES string of the molecule is CC(C)n1c(=O)n(CC2CC2)c(=O)c2cc(NC(=O)N3CCCC(CC(=O)c4ccc(C(N)=O)cc4F)C3)c(F)cc21. The highest BCUT2D eigenvalue weighted by molar-refractivity contribution is 5.99. The third kappa shape index (κ3) is 5.83. The summed E-state index contributed by atoms with van der Waals surface area (Å²) in [5.74, 6) is -2.89. The van der Waals surface area contributed by atoms with Crippen molar-refractivity contribution < 1.29 is 23.2 Å². The van der Waals surface area contributed by atoms with Crippen LogP contribution in [0, 0.1) is 23.5 Å². The largest absolute Gasteiger partial charge is 0.366 e. The van der Waals surface area contributed by atoms with Crippen molar-refractivity contribution in [2.24, 2.45) is 17.6 Å². The number of carbonyl (C=O) groups excluding carboxylic acids is 3. The Labute approximate surface area is 240 Å². The predicted molar refractivity (Wildman–Crippen MR) is 153 cm³/mol. The van der Waals surface area contributed by atoms with Crippen molar-refractivity contribution >= 4 is 34.3 Å². The van der Waals surface area contributed by atoms with Gasteiger partial charge in [-0.3, -0.25) is 23.5 Å². The van der Waals surface area contributed by atoms with E-state index in [1.807, 2.05) is 0 Å². The number of nitrogens with zero attached hydrogens (tertiary/aromatic N) is 3. The average molecular weight is 582 g/mol. The first-order valence-corrected chi connectivity index (χ1v) is 14.1. The minimum Gasteiger partial charge on any atom is -0.366 e. The summed E-state index contributed by atoms with van der Waals surface area (Å²) in [6.07, 6.45) is 3.08. The van der Waals surface area contributed by atoms with Gasteiger partial charge in [0, 0.05) is 43.7 Å². The maximum atomic E-state index is 15.3. The van der Waals surface area contributed by atoms with Gasteiger partial charge in [0.05, 0.1) is 22.2 Å². The zero-order valence-corrected chi connectivity index (χ0v) is 23.5. The Balaban J connectivity index is 1.34. The summed E-state index contributed by atoms with van der Waals surface area (Å²) >= 11 is 0. The predicted octanol–water partition coefficient (Wildman–Crippen LogP) is 4.05. The van der Waals surface area contributed by atoms with Crippen molar-refractivity contribution in [3.05, 3.63) is 73.9 Å². The summed E-state index contributed by atoms with van der Waals surface area (Å²) in [5, 5.41) is 2.69. The number of fused-ring (bicyclic) bond motifs is 1. The Bertz CT molecular complexity index is 1710. The van der Waals surface area contributed by atoms with Gasteiger partial charge >= 0.3 is 11.7 Å². The molecule has 222 valence electrons. The van der Waals surface area contributed by atoms with Gasteiger partial charge in [0.1, 0.15) is 11.6 Å². The van der Waals surface area contributed by atoms with Gasteiger partial charge in [-0.25, -0.2) is 18.4 Å². The fraction of sp³-hybridized carbons (Fsp3) is 0.433. The molecule has 3 aromatic rings. The van der Waals surface area contributed by atoms with Crippen molar-refractivity contribution in [1.29, 1.82) is 0 Å². The number of piperidine rings is 1. The van der Waals surface area contributed by atoms with Crippen molar-refractivity contribution in [2.75, 3.05) is 18.4 Å². The minimum atomic E-state index is -0.840. The van der Waals surface area contributed by atoms with Crippen LogP contribution in [0.3, 0.4) is 0 Å². The fourth-order valence-electron chi connectivity index (χ4n) is 5.59. The Morgan fingerprint density at radius 2 is 1.76 bits per heavy atom. The molecule has 1 aliphatic carbocycles. The number of anilines is 1. The number of nitrogens with two attached hydrogens (primary N) is 1. The molecule has 12 heteroatoms. The number of likely N-dealkylation sites (tertiary alicyclic amines) is 1. The Morgan fingerprint density at radius 3 is 2.40 bits per heavy atom. The number of primary amides is 1. The summed E-state index contributed by atoms with van der Waals surface area (Å²) in [6.45, 7) is 4.42. The quantitative estimate of drug-likeness (QED) is 0.387. The van der Waals surface area contributed by atoms with Gasteiger partial charge in [-0.1, -0.05) is 0 Å². The van der Waals surface area contributed by atoms with Crippen LogP contribution in [0.2, 0.25) is 0 Å². The summed E-state index contributed by atoms with van der Waals surface area (Å²) in [5.41, 5.74) is 3.93. The first-order chi connectivity index (χ1) is 19.9.